The lowest BCUT2D eigenvalue weighted by molar-refractivity contribution is 0.0952. The Hall–Kier alpha value is -2.33. The molecule has 4 nitrogen and oxygen atoms in total. The lowest BCUT2D eigenvalue weighted by Crippen LogP contribution is -2.29. The second kappa shape index (κ2) is 13.8. The SMILES string of the molecule is CCCCCCOc1ccc(-c2cccc(C(=O)NCCCN(CC)CC)c2)cc1. The quantitative estimate of drug-likeness (QED) is 0.402. The molecule has 1 amide bonds. The van der Waals surface area contributed by atoms with Crippen LogP contribution in [0.3, 0.4) is 0 Å². The summed E-state index contributed by atoms with van der Waals surface area (Å²) in [4.78, 5) is 14.9. The Morgan fingerprint density at radius 1 is 0.900 bits per heavy atom. The van der Waals surface area contributed by atoms with E-state index in [2.05, 4.69) is 43.1 Å². The number of carbonyl (C=O) groups excluding carboxylic acids is 1. The summed E-state index contributed by atoms with van der Waals surface area (Å²) in [6, 6.07) is 15.9. The number of nitrogens with zero attached hydrogens (tertiary/aromatic N) is 1. The molecule has 2 aromatic carbocycles. The summed E-state index contributed by atoms with van der Waals surface area (Å²) in [6.07, 6.45) is 5.79. The van der Waals surface area contributed by atoms with Gasteiger partial charge in [-0.05, 0) is 67.9 Å². The summed E-state index contributed by atoms with van der Waals surface area (Å²) >= 11 is 0. The number of rotatable bonds is 14. The van der Waals surface area contributed by atoms with Crippen molar-refractivity contribution in [1.82, 2.24) is 10.2 Å². The average molecular weight is 411 g/mol. The fourth-order valence-electron chi connectivity index (χ4n) is 3.45. The zero-order chi connectivity index (χ0) is 21.6. The molecule has 0 heterocycles. The maximum atomic E-state index is 12.5. The van der Waals surface area contributed by atoms with Crippen LogP contribution in [0.5, 0.6) is 5.75 Å². The molecular formula is C26H38N2O2. The second-order valence-corrected chi connectivity index (χ2v) is 7.65. The summed E-state index contributed by atoms with van der Waals surface area (Å²) in [7, 11) is 0. The van der Waals surface area contributed by atoms with Gasteiger partial charge < -0.3 is 15.0 Å². The van der Waals surface area contributed by atoms with E-state index < -0.39 is 0 Å². The summed E-state index contributed by atoms with van der Waals surface area (Å²) in [6.45, 7) is 11.1. The molecule has 0 aliphatic carbocycles. The maximum Gasteiger partial charge on any atom is 0.251 e. The molecule has 0 saturated heterocycles. The number of amides is 1. The highest BCUT2D eigenvalue weighted by Gasteiger charge is 2.07. The van der Waals surface area contributed by atoms with Crippen LogP contribution in [0.1, 0.15) is 63.2 Å². The van der Waals surface area contributed by atoms with E-state index in [0.29, 0.717) is 12.1 Å². The molecule has 2 rings (SSSR count). The molecule has 0 aliphatic rings. The van der Waals surface area contributed by atoms with Gasteiger partial charge >= 0.3 is 0 Å². The third-order valence-corrected chi connectivity index (χ3v) is 5.41. The Bertz CT molecular complexity index is 739. The molecule has 0 spiro atoms. The average Bonchev–Trinajstić information content (AvgIpc) is 2.79. The van der Waals surface area contributed by atoms with Gasteiger partial charge in [-0.1, -0.05) is 64.3 Å². The van der Waals surface area contributed by atoms with E-state index in [4.69, 9.17) is 4.74 Å². The van der Waals surface area contributed by atoms with Gasteiger partial charge in [-0.3, -0.25) is 4.79 Å². The zero-order valence-electron chi connectivity index (χ0n) is 19.0. The summed E-state index contributed by atoms with van der Waals surface area (Å²) in [5.41, 5.74) is 2.83. The van der Waals surface area contributed by atoms with Gasteiger partial charge in [0.15, 0.2) is 0 Å². The van der Waals surface area contributed by atoms with Crippen molar-refractivity contribution in [3.05, 3.63) is 54.1 Å². The lowest BCUT2D eigenvalue weighted by atomic mass is 10.0. The van der Waals surface area contributed by atoms with Crippen LogP contribution in [0.4, 0.5) is 0 Å². The molecule has 164 valence electrons. The van der Waals surface area contributed by atoms with E-state index in [1.54, 1.807) is 0 Å². The Kier molecular flexibility index (Phi) is 11.0. The van der Waals surface area contributed by atoms with Crippen molar-refractivity contribution in [2.75, 3.05) is 32.8 Å². The zero-order valence-corrected chi connectivity index (χ0v) is 19.0. The Balaban J connectivity index is 1.86. The number of unbranched alkanes of at least 4 members (excludes halogenated alkanes) is 3. The Morgan fingerprint density at radius 2 is 1.67 bits per heavy atom. The highest BCUT2D eigenvalue weighted by atomic mass is 16.5. The van der Waals surface area contributed by atoms with Crippen LogP contribution < -0.4 is 10.1 Å². The van der Waals surface area contributed by atoms with E-state index >= 15 is 0 Å². The normalized spacial score (nSPS) is 10.9. The van der Waals surface area contributed by atoms with E-state index in [9.17, 15) is 4.79 Å². The van der Waals surface area contributed by atoms with Crippen LogP contribution in [-0.2, 0) is 0 Å². The number of carbonyl (C=O) groups is 1. The fraction of sp³-hybridized carbons (Fsp3) is 0.500. The minimum atomic E-state index is -0.0107. The number of hydrogen-bond donors (Lipinski definition) is 1. The number of nitrogens with one attached hydrogen (secondary N) is 1. The van der Waals surface area contributed by atoms with Gasteiger partial charge in [0.2, 0.25) is 0 Å². The predicted octanol–water partition coefficient (Wildman–Crippen LogP) is 5.77. The molecule has 0 bridgehead atoms. The molecule has 0 aliphatic heterocycles. The van der Waals surface area contributed by atoms with Gasteiger partial charge in [0.1, 0.15) is 5.75 Å². The molecule has 1 N–H and O–H groups in total. The number of benzene rings is 2. The molecule has 0 saturated carbocycles. The molecule has 4 heteroatoms. The first kappa shape index (κ1) is 23.9. The highest BCUT2D eigenvalue weighted by molar-refractivity contribution is 5.95. The molecule has 0 fully saturated rings. The van der Waals surface area contributed by atoms with Gasteiger partial charge in [-0.15, -0.1) is 0 Å². The van der Waals surface area contributed by atoms with Crippen LogP contribution >= 0.6 is 0 Å². The van der Waals surface area contributed by atoms with Gasteiger partial charge in [-0.2, -0.15) is 0 Å². The van der Waals surface area contributed by atoms with E-state index in [1.165, 1.54) is 19.3 Å². The topological polar surface area (TPSA) is 41.6 Å². The summed E-state index contributed by atoms with van der Waals surface area (Å²) in [5, 5.41) is 3.04. The molecule has 0 unspecified atom stereocenters. The van der Waals surface area contributed by atoms with Gasteiger partial charge in [0.05, 0.1) is 6.61 Å². The maximum absolute atomic E-state index is 12.5. The molecule has 0 radical (unpaired) electrons. The van der Waals surface area contributed by atoms with Crippen molar-refractivity contribution < 1.29 is 9.53 Å². The predicted molar refractivity (Wildman–Crippen MR) is 126 cm³/mol. The van der Waals surface area contributed by atoms with Crippen LogP contribution in [0, 0.1) is 0 Å². The van der Waals surface area contributed by atoms with E-state index in [1.807, 2.05) is 36.4 Å². The van der Waals surface area contributed by atoms with Crippen molar-refractivity contribution in [2.45, 2.75) is 52.9 Å². The largest absolute Gasteiger partial charge is 0.494 e. The minimum absolute atomic E-state index is 0.0107. The van der Waals surface area contributed by atoms with E-state index in [0.717, 1.165) is 56.0 Å². The van der Waals surface area contributed by atoms with Gasteiger partial charge in [0.25, 0.3) is 5.91 Å². The first-order chi connectivity index (χ1) is 14.7. The van der Waals surface area contributed by atoms with Crippen molar-refractivity contribution in [1.29, 1.82) is 0 Å². The van der Waals surface area contributed by atoms with Crippen LogP contribution in [0.2, 0.25) is 0 Å². The smallest absolute Gasteiger partial charge is 0.251 e. The summed E-state index contributed by atoms with van der Waals surface area (Å²) in [5.74, 6) is 0.890. The van der Waals surface area contributed by atoms with Crippen molar-refractivity contribution in [3.8, 4) is 16.9 Å². The minimum Gasteiger partial charge on any atom is -0.494 e. The highest BCUT2D eigenvalue weighted by Crippen LogP contribution is 2.23. The lowest BCUT2D eigenvalue weighted by Gasteiger charge is -2.17. The Morgan fingerprint density at radius 3 is 2.37 bits per heavy atom. The molecule has 0 aromatic heterocycles. The third kappa shape index (κ3) is 8.19. The Labute approximate surface area is 182 Å². The first-order valence-corrected chi connectivity index (χ1v) is 11.5. The van der Waals surface area contributed by atoms with Crippen molar-refractivity contribution >= 4 is 5.91 Å². The van der Waals surface area contributed by atoms with Crippen LogP contribution in [0.25, 0.3) is 11.1 Å². The second-order valence-electron chi connectivity index (χ2n) is 7.65. The summed E-state index contributed by atoms with van der Waals surface area (Å²) < 4.78 is 5.83. The van der Waals surface area contributed by atoms with Crippen molar-refractivity contribution in [2.24, 2.45) is 0 Å². The molecular weight excluding hydrogens is 372 g/mol. The van der Waals surface area contributed by atoms with Gasteiger partial charge in [-0.25, -0.2) is 0 Å². The third-order valence-electron chi connectivity index (χ3n) is 5.41. The number of ether oxygens (including phenoxy) is 1. The molecule has 2 aromatic rings. The van der Waals surface area contributed by atoms with E-state index in [-0.39, 0.29) is 5.91 Å². The first-order valence-electron chi connectivity index (χ1n) is 11.5. The molecule has 30 heavy (non-hydrogen) atoms. The number of hydrogen-bond acceptors (Lipinski definition) is 3. The fourth-order valence-corrected chi connectivity index (χ4v) is 3.45. The van der Waals surface area contributed by atoms with Crippen molar-refractivity contribution in [3.63, 3.8) is 0 Å². The standard InChI is InChI=1S/C26H38N2O2/c1-4-7-8-9-20-30-25-16-14-22(15-17-25)23-12-10-13-24(21-23)26(29)27-18-11-19-28(5-2)6-3/h10,12-17,21H,4-9,11,18-20H2,1-3H3,(H,27,29). The van der Waals surface area contributed by atoms with Gasteiger partial charge in [0, 0.05) is 12.1 Å². The molecule has 0 atom stereocenters. The van der Waals surface area contributed by atoms with Crippen LogP contribution in [0.15, 0.2) is 48.5 Å². The van der Waals surface area contributed by atoms with Crippen LogP contribution in [-0.4, -0.2) is 43.6 Å². The monoisotopic (exact) mass is 410 g/mol.